The molecule has 3 saturated heterocycles. The summed E-state index contributed by atoms with van der Waals surface area (Å²) in [5, 5.41) is 0. The minimum Gasteiger partial charge on any atom is -0.303 e. The third-order valence-electron chi connectivity index (χ3n) is 4.07. The molecule has 3 heterocycles. The maximum Gasteiger partial charge on any atom is 0.123 e. The molecule has 3 aliphatic rings. The second-order valence-electron chi connectivity index (χ2n) is 5.16. The molecule has 2 bridgehead atoms. The van der Waals surface area contributed by atoms with Crippen LogP contribution < -0.4 is 0 Å². The molecule has 1 aromatic carbocycles. The first kappa shape index (κ1) is 11.5. The van der Waals surface area contributed by atoms with Crippen molar-refractivity contribution in [2.24, 2.45) is 11.8 Å². The van der Waals surface area contributed by atoms with E-state index in [0.717, 1.165) is 11.8 Å². The van der Waals surface area contributed by atoms with Crippen molar-refractivity contribution >= 4 is 11.8 Å². The summed E-state index contributed by atoms with van der Waals surface area (Å²) in [7, 11) is 0. The van der Waals surface area contributed by atoms with Crippen molar-refractivity contribution in [2.75, 3.05) is 25.4 Å². The highest BCUT2D eigenvalue weighted by molar-refractivity contribution is 7.99. The molecule has 0 N–H and O–H groups in total. The molecule has 4 rings (SSSR count). The molecule has 0 aliphatic carbocycles. The van der Waals surface area contributed by atoms with E-state index in [1.807, 2.05) is 23.9 Å². The minimum atomic E-state index is -0.141. The topological polar surface area (TPSA) is 3.24 Å². The van der Waals surface area contributed by atoms with Gasteiger partial charge in [-0.15, -0.1) is 11.8 Å². The molecular weight excluding hydrogens is 233 g/mol. The van der Waals surface area contributed by atoms with Crippen molar-refractivity contribution < 1.29 is 4.39 Å². The van der Waals surface area contributed by atoms with E-state index in [-0.39, 0.29) is 5.82 Å². The van der Waals surface area contributed by atoms with Crippen LogP contribution in [-0.4, -0.2) is 30.3 Å². The van der Waals surface area contributed by atoms with Crippen LogP contribution in [0.25, 0.3) is 0 Å². The number of thioether (sulfide) groups is 1. The predicted octanol–water partition coefficient (Wildman–Crippen LogP) is 3.26. The third-order valence-corrected chi connectivity index (χ3v) is 5.27. The van der Waals surface area contributed by atoms with Gasteiger partial charge in [-0.2, -0.15) is 0 Å². The zero-order chi connectivity index (χ0) is 11.7. The second-order valence-corrected chi connectivity index (χ2v) is 6.26. The quantitative estimate of drug-likeness (QED) is 0.759. The van der Waals surface area contributed by atoms with Crippen LogP contribution in [0.1, 0.15) is 12.8 Å². The van der Waals surface area contributed by atoms with E-state index in [9.17, 15) is 4.39 Å². The molecule has 0 radical (unpaired) electrons. The number of benzene rings is 1. The van der Waals surface area contributed by atoms with Gasteiger partial charge in [0.25, 0.3) is 0 Å². The number of rotatable bonds is 3. The highest BCUT2D eigenvalue weighted by Gasteiger charge is 2.33. The summed E-state index contributed by atoms with van der Waals surface area (Å²) < 4.78 is 12.8. The first-order valence-electron chi connectivity index (χ1n) is 6.42. The highest BCUT2D eigenvalue weighted by Crippen LogP contribution is 2.35. The Morgan fingerprint density at radius 3 is 2.47 bits per heavy atom. The van der Waals surface area contributed by atoms with Crippen molar-refractivity contribution in [1.29, 1.82) is 0 Å². The van der Waals surface area contributed by atoms with E-state index in [4.69, 9.17) is 0 Å². The van der Waals surface area contributed by atoms with Crippen LogP contribution >= 0.6 is 11.8 Å². The summed E-state index contributed by atoms with van der Waals surface area (Å²) in [6.45, 7) is 3.89. The summed E-state index contributed by atoms with van der Waals surface area (Å²) in [6, 6.07) is 6.89. The monoisotopic (exact) mass is 251 g/mol. The van der Waals surface area contributed by atoms with Crippen molar-refractivity contribution in [2.45, 2.75) is 17.7 Å². The highest BCUT2D eigenvalue weighted by atomic mass is 32.2. The Hall–Kier alpha value is -0.540. The van der Waals surface area contributed by atoms with Gasteiger partial charge in [0.1, 0.15) is 5.82 Å². The zero-order valence-corrected chi connectivity index (χ0v) is 10.8. The van der Waals surface area contributed by atoms with Gasteiger partial charge in [-0.1, -0.05) is 0 Å². The van der Waals surface area contributed by atoms with Gasteiger partial charge in [-0.3, -0.25) is 0 Å². The van der Waals surface area contributed by atoms with Crippen LogP contribution in [0.2, 0.25) is 0 Å². The first-order chi connectivity index (χ1) is 8.31. The van der Waals surface area contributed by atoms with Crippen LogP contribution in [0.15, 0.2) is 29.2 Å². The molecule has 92 valence electrons. The summed E-state index contributed by atoms with van der Waals surface area (Å²) in [5.41, 5.74) is 0. The Labute approximate surface area is 106 Å². The summed E-state index contributed by atoms with van der Waals surface area (Å²) in [6.07, 6.45) is 2.77. The Balaban J connectivity index is 1.56. The van der Waals surface area contributed by atoms with Gasteiger partial charge in [0.2, 0.25) is 0 Å². The molecular formula is C14H18FNS. The Morgan fingerprint density at radius 1 is 1.18 bits per heavy atom. The van der Waals surface area contributed by atoms with Crippen LogP contribution in [0.3, 0.4) is 0 Å². The minimum absolute atomic E-state index is 0.141. The number of hydrogen-bond donors (Lipinski definition) is 0. The molecule has 0 saturated carbocycles. The van der Waals surface area contributed by atoms with E-state index in [2.05, 4.69) is 4.90 Å². The van der Waals surface area contributed by atoms with Gasteiger partial charge in [0.15, 0.2) is 0 Å². The Kier molecular flexibility index (Phi) is 3.39. The molecule has 0 amide bonds. The van der Waals surface area contributed by atoms with Crippen molar-refractivity contribution in [3.05, 3.63) is 30.1 Å². The zero-order valence-electron chi connectivity index (χ0n) is 9.94. The van der Waals surface area contributed by atoms with Gasteiger partial charge >= 0.3 is 0 Å². The molecule has 17 heavy (non-hydrogen) atoms. The lowest BCUT2D eigenvalue weighted by Gasteiger charge is -2.44. The summed E-state index contributed by atoms with van der Waals surface area (Å²) >= 11 is 1.88. The van der Waals surface area contributed by atoms with E-state index in [1.54, 1.807) is 12.1 Å². The van der Waals surface area contributed by atoms with Crippen LogP contribution in [-0.2, 0) is 0 Å². The Morgan fingerprint density at radius 2 is 1.88 bits per heavy atom. The van der Waals surface area contributed by atoms with E-state index < -0.39 is 0 Å². The van der Waals surface area contributed by atoms with E-state index in [0.29, 0.717) is 0 Å². The molecule has 0 spiro atoms. The number of hydrogen-bond acceptors (Lipinski definition) is 2. The van der Waals surface area contributed by atoms with Gasteiger partial charge in [0.05, 0.1) is 0 Å². The second kappa shape index (κ2) is 4.99. The predicted molar refractivity (Wildman–Crippen MR) is 69.8 cm³/mol. The lowest BCUT2D eigenvalue weighted by molar-refractivity contribution is 0.0626. The van der Waals surface area contributed by atoms with Crippen molar-refractivity contribution in [1.82, 2.24) is 4.90 Å². The number of piperidine rings is 3. The molecule has 0 unspecified atom stereocenters. The SMILES string of the molecule is Fc1ccc(SC[C@H]2CN3CCC2CC3)cc1. The van der Waals surface area contributed by atoms with E-state index in [1.165, 1.54) is 43.1 Å². The number of fused-ring (bicyclic) bond motifs is 3. The smallest absolute Gasteiger partial charge is 0.123 e. The summed E-state index contributed by atoms with van der Waals surface area (Å²) in [5.74, 6) is 2.82. The molecule has 3 aliphatic heterocycles. The molecule has 3 heteroatoms. The average molecular weight is 251 g/mol. The van der Waals surface area contributed by atoms with Crippen LogP contribution in [0.5, 0.6) is 0 Å². The molecule has 3 fully saturated rings. The first-order valence-corrected chi connectivity index (χ1v) is 7.40. The molecule has 1 nitrogen and oxygen atoms in total. The van der Waals surface area contributed by atoms with Gasteiger partial charge < -0.3 is 4.90 Å². The largest absolute Gasteiger partial charge is 0.303 e. The van der Waals surface area contributed by atoms with Crippen molar-refractivity contribution in [3.8, 4) is 0 Å². The van der Waals surface area contributed by atoms with Crippen LogP contribution in [0.4, 0.5) is 4.39 Å². The number of nitrogens with zero attached hydrogens (tertiary/aromatic N) is 1. The number of halogens is 1. The van der Waals surface area contributed by atoms with Gasteiger partial charge in [0, 0.05) is 17.2 Å². The normalized spacial score (nSPS) is 31.7. The van der Waals surface area contributed by atoms with Gasteiger partial charge in [-0.25, -0.2) is 4.39 Å². The Bertz CT molecular complexity index is 370. The molecule has 1 atom stereocenters. The molecule has 0 aromatic heterocycles. The lowest BCUT2D eigenvalue weighted by Crippen LogP contribution is -2.48. The van der Waals surface area contributed by atoms with E-state index >= 15 is 0 Å². The fourth-order valence-corrected chi connectivity index (χ4v) is 4.12. The van der Waals surface area contributed by atoms with Gasteiger partial charge in [-0.05, 0) is 62.0 Å². The third kappa shape index (κ3) is 2.66. The van der Waals surface area contributed by atoms with Crippen LogP contribution in [0, 0.1) is 17.7 Å². The lowest BCUT2D eigenvalue weighted by atomic mass is 9.80. The van der Waals surface area contributed by atoms with Crippen molar-refractivity contribution in [3.63, 3.8) is 0 Å². The fraction of sp³-hybridized carbons (Fsp3) is 0.571. The standard InChI is InChI=1S/C14H18FNS/c15-13-1-3-14(4-2-13)17-10-12-9-16-7-5-11(12)6-8-16/h1-4,11-12H,5-10H2/t12-/m1/s1. The fourth-order valence-electron chi connectivity index (χ4n) is 3.01. The average Bonchev–Trinajstić information content (AvgIpc) is 2.39. The summed E-state index contributed by atoms with van der Waals surface area (Å²) in [4.78, 5) is 3.79. The molecule has 1 aromatic rings. The maximum absolute atomic E-state index is 12.8. The maximum atomic E-state index is 12.8.